The van der Waals surface area contributed by atoms with Gasteiger partial charge in [-0.1, -0.05) is 31.9 Å². The molecule has 0 aromatic heterocycles. The zero-order chi connectivity index (χ0) is 27.0. The van der Waals surface area contributed by atoms with Crippen LogP contribution in [-0.4, -0.2) is 59.6 Å². The first-order valence-corrected chi connectivity index (χ1v) is 12.8. The van der Waals surface area contributed by atoms with Gasteiger partial charge in [0.05, 0.1) is 21.7 Å². The van der Waals surface area contributed by atoms with E-state index in [0.717, 1.165) is 29.3 Å². The Labute approximate surface area is 226 Å². The molecule has 0 radical (unpaired) electrons. The number of nitro benzene ring substituents is 2. The molecule has 1 saturated carbocycles. The van der Waals surface area contributed by atoms with Gasteiger partial charge in [-0.05, 0) is 37.1 Å². The summed E-state index contributed by atoms with van der Waals surface area (Å²) < 4.78 is 0. The van der Waals surface area contributed by atoms with Crippen LogP contribution >= 0.6 is 31.9 Å². The number of nitrogens with zero attached hydrogens (tertiary/aromatic N) is 4. The maximum absolute atomic E-state index is 13.5. The SMILES string of the molecule is O=C(CN(C(=O)c1ccc([N+](=O)[O-])cc1)N1C(=O)[C@H]2C[C@@H](Br)[C@@H](Br)C[C@H]2C1=O)c1ccc([N+](=O)[O-])cc1. The Morgan fingerprint density at radius 1 is 0.811 bits per heavy atom. The number of nitro groups is 2. The molecule has 0 N–H and O–H groups in total. The van der Waals surface area contributed by atoms with Crippen molar-refractivity contribution in [3.63, 3.8) is 0 Å². The number of amides is 3. The second kappa shape index (κ2) is 10.5. The number of ketones is 1. The summed E-state index contributed by atoms with van der Waals surface area (Å²) in [5.74, 6) is -4.16. The number of halogens is 2. The summed E-state index contributed by atoms with van der Waals surface area (Å²) in [6.07, 6.45) is 0.690. The Hall–Kier alpha value is -3.52. The van der Waals surface area contributed by atoms with Gasteiger partial charge in [0.1, 0.15) is 6.54 Å². The molecule has 0 bridgehead atoms. The highest BCUT2D eigenvalue weighted by molar-refractivity contribution is 9.12. The predicted octanol–water partition coefficient (Wildman–Crippen LogP) is 3.67. The predicted molar refractivity (Wildman–Crippen MR) is 135 cm³/mol. The third-order valence-electron chi connectivity index (χ3n) is 6.38. The summed E-state index contributed by atoms with van der Waals surface area (Å²) in [5, 5.41) is 23.4. The number of hydrazine groups is 1. The second-order valence-corrected chi connectivity index (χ2v) is 11.0. The van der Waals surface area contributed by atoms with E-state index in [1.54, 1.807) is 0 Å². The van der Waals surface area contributed by atoms with Gasteiger partial charge in [0.25, 0.3) is 29.1 Å². The molecule has 1 heterocycles. The number of hydrogen-bond acceptors (Lipinski definition) is 8. The van der Waals surface area contributed by atoms with E-state index in [2.05, 4.69) is 31.9 Å². The molecule has 1 aliphatic carbocycles. The molecule has 4 rings (SSSR count). The number of carbonyl (C=O) groups excluding carboxylic acids is 4. The van der Waals surface area contributed by atoms with Crippen LogP contribution in [0.15, 0.2) is 48.5 Å². The fourth-order valence-electron chi connectivity index (χ4n) is 4.42. The molecule has 1 saturated heterocycles. The Kier molecular flexibility index (Phi) is 7.50. The first-order valence-electron chi connectivity index (χ1n) is 11.0. The second-order valence-electron chi connectivity index (χ2n) is 8.60. The molecular formula is C23H18Br2N4O8. The lowest BCUT2D eigenvalue weighted by atomic mass is 9.81. The van der Waals surface area contributed by atoms with Crippen LogP contribution in [0.2, 0.25) is 0 Å². The third kappa shape index (κ3) is 5.16. The molecule has 2 aromatic carbocycles. The van der Waals surface area contributed by atoms with E-state index in [9.17, 15) is 39.4 Å². The van der Waals surface area contributed by atoms with Gasteiger partial charge < -0.3 is 0 Å². The molecule has 0 unspecified atom stereocenters. The number of non-ortho nitro benzene ring substituents is 2. The van der Waals surface area contributed by atoms with E-state index < -0.39 is 51.7 Å². The van der Waals surface area contributed by atoms with Crippen LogP contribution < -0.4 is 0 Å². The van der Waals surface area contributed by atoms with Crippen LogP contribution in [0.3, 0.4) is 0 Å². The molecule has 192 valence electrons. The van der Waals surface area contributed by atoms with Gasteiger partial charge in [0.15, 0.2) is 5.78 Å². The molecule has 14 heteroatoms. The lowest BCUT2D eigenvalue weighted by Crippen LogP contribution is -2.52. The summed E-state index contributed by atoms with van der Waals surface area (Å²) in [6, 6.07) is 9.23. The van der Waals surface area contributed by atoms with Crippen molar-refractivity contribution in [3.8, 4) is 0 Å². The highest BCUT2D eigenvalue weighted by Crippen LogP contribution is 2.43. The smallest absolute Gasteiger partial charge is 0.273 e. The molecule has 4 atom stereocenters. The standard InChI is InChI=1S/C23H18Br2N4O8/c24-18-9-16-17(10-19(18)25)23(33)27(22(16)32)26(21(31)13-3-7-15(8-4-13)29(36)37)11-20(30)12-1-5-14(6-2-12)28(34)35/h1-8,16-19H,9-11H2/t16-,17+,18+,19-. The van der Waals surface area contributed by atoms with Crippen molar-refractivity contribution >= 4 is 66.7 Å². The van der Waals surface area contributed by atoms with Crippen molar-refractivity contribution in [3.05, 3.63) is 79.9 Å². The van der Waals surface area contributed by atoms with Crippen LogP contribution in [0.25, 0.3) is 0 Å². The van der Waals surface area contributed by atoms with Gasteiger partial charge in [-0.25, -0.2) is 5.01 Å². The number of fused-ring (bicyclic) bond motifs is 1. The number of imide groups is 1. The molecule has 3 amide bonds. The third-order valence-corrected chi connectivity index (χ3v) is 9.12. The molecule has 0 spiro atoms. The highest BCUT2D eigenvalue weighted by Gasteiger charge is 2.54. The average Bonchev–Trinajstić information content (AvgIpc) is 3.11. The highest BCUT2D eigenvalue weighted by atomic mass is 79.9. The zero-order valence-electron chi connectivity index (χ0n) is 18.9. The molecule has 2 aromatic rings. The lowest BCUT2D eigenvalue weighted by Gasteiger charge is -2.30. The van der Waals surface area contributed by atoms with Gasteiger partial charge in [0, 0.05) is 45.0 Å². The van der Waals surface area contributed by atoms with Crippen molar-refractivity contribution in [1.29, 1.82) is 0 Å². The summed E-state index contributed by atoms with van der Waals surface area (Å²) >= 11 is 7.00. The Bertz CT molecular complexity index is 1270. The number of rotatable bonds is 7. The monoisotopic (exact) mass is 636 g/mol. The fourth-order valence-corrected chi connectivity index (χ4v) is 5.66. The summed E-state index contributed by atoms with van der Waals surface area (Å²) in [4.78, 5) is 73.8. The topological polar surface area (TPSA) is 161 Å². The quantitative estimate of drug-likeness (QED) is 0.146. The fraction of sp³-hybridized carbons (Fsp3) is 0.304. The number of alkyl halides is 2. The molecule has 2 fully saturated rings. The van der Waals surface area contributed by atoms with Crippen molar-refractivity contribution < 1.29 is 29.0 Å². The minimum absolute atomic E-state index is 0.0321. The molecule has 2 aliphatic rings. The largest absolute Gasteiger partial charge is 0.292 e. The number of benzene rings is 2. The first-order chi connectivity index (χ1) is 17.5. The van der Waals surface area contributed by atoms with E-state index >= 15 is 0 Å². The minimum atomic E-state index is -0.878. The molecule has 37 heavy (non-hydrogen) atoms. The maximum atomic E-state index is 13.5. The molecular weight excluding hydrogens is 620 g/mol. The van der Waals surface area contributed by atoms with Gasteiger partial charge in [-0.15, -0.1) is 0 Å². The van der Waals surface area contributed by atoms with Crippen LogP contribution in [0.1, 0.15) is 33.6 Å². The Morgan fingerprint density at radius 3 is 1.62 bits per heavy atom. The van der Waals surface area contributed by atoms with E-state index in [1.807, 2.05) is 0 Å². The number of hydrogen-bond donors (Lipinski definition) is 0. The van der Waals surface area contributed by atoms with Crippen molar-refractivity contribution in [2.75, 3.05) is 6.54 Å². The van der Waals surface area contributed by atoms with E-state index in [1.165, 1.54) is 24.3 Å². The minimum Gasteiger partial charge on any atom is -0.292 e. The van der Waals surface area contributed by atoms with Gasteiger partial charge >= 0.3 is 0 Å². The van der Waals surface area contributed by atoms with Crippen molar-refractivity contribution in [1.82, 2.24) is 10.0 Å². The number of carbonyl (C=O) groups is 4. The molecule has 12 nitrogen and oxygen atoms in total. The van der Waals surface area contributed by atoms with Crippen LogP contribution in [0.5, 0.6) is 0 Å². The number of Topliss-reactive ketones (excluding diaryl/α,β-unsaturated/α-hetero) is 1. The Morgan fingerprint density at radius 2 is 1.22 bits per heavy atom. The van der Waals surface area contributed by atoms with Crippen molar-refractivity contribution in [2.45, 2.75) is 22.5 Å². The normalized spacial score (nSPS) is 22.9. The van der Waals surface area contributed by atoms with Gasteiger partial charge in [-0.2, -0.15) is 5.01 Å². The van der Waals surface area contributed by atoms with Gasteiger partial charge in [0.2, 0.25) is 0 Å². The van der Waals surface area contributed by atoms with Crippen molar-refractivity contribution in [2.24, 2.45) is 11.8 Å². The van der Waals surface area contributed by atoms with Crippen LogP contribution in [0.4, 0.5) is 11.4 Å². The summed E-state index contributed by atoms with van der Waals surface area (Å²) in [7, 11) is 0. The zero-order valence-corrected chi connectivity index (χ0v) is 22.0. The van der Waals surface area contributed by atoms with Crippen LogP contribution in [0, 0.1) is 32.1 Å². The van der Waals surface area contributed by atoms with E-state index in [0.29, 0.717) is 17.9 Å². The Balaban J connectivity index is 1.68. The lowest BCUT2D eigenvalue weighted by molar-refractivity contribution is -0.385. The van der Waals surface area contributed by atoms with Crippen LogP contribution in [-0.2, 0) is 9.59 Å². The summed E-state index contributed by atoms with van der Waals surface area (Å²) in [5.41, 5.74) is -0.548. The van der Waals surface area contributed by atoms with E-state index in [4.69, 9.17) is 0 Å². The summed E-state index contributed by atoms with van der Waals surface area (Å²) in [6.45, 7) is -0.708. The van der Waals surface area contributed by atoms with Gasteiger partial charge in [-0.3, -0.25) is 39.4 Å². The maximum Gasteiger partial charge on any atom is 0.273 e. The first kappa shape index (κ1) is 26.5. The van der Waals surface area contributed by atoms with E-state index in [-0.39, 0.29) is 32.2 Å². The average molecular weight is 638 g/mol. The molecule has 1 aliphatic heterocycles.